The Morgan fingerprint density at radius 3 is 2.21 bits per heavy atom. The van der Waals surface area contributed by atoms with Gasteiger partial charge in [-0.15, -0.1) is 0 Å². The van der Waals surface area contributed by atoms with E-state index >= 15 is 0 Å². The van der Waals surface area contributed by atoms with Crippen molar-refractivity contribution in [1.82, 2.24) is 5.32 Å². The molecule has 0 heterocycles. The van der Waals surface area contributed by atoms with Gasteiger partial charge in [-0.2, -0.15) is 13.2 Å². The number of nitrogens with one attached hydrogen (secondary N) is 1. The molecule has 0 spiro atoms. The van der Waals surface area contributed by atoms with E-state index in [1.165, 1.54) is 0 Å². The van der Waals surface area contributed by atoms with E-state index in [4.69, 9.17) is 5.73 Å². The van der Waals surface area contributed by atoms with E-state index in [0.717, 1.165) is 0 Å². The van der Waals surface area contributed by atoms with Gasteiger partial charge < -0.3 is 11.1 Å². The Morgan fingerprint density at radius 2 is 1.86 bits per heavy atom. The second-order valence-electron chi connectivity index (χ2n) is 3.88. The van der Waals surface area contributed by atoms with Crippen LogP contribution in [0.2, 0.25) is 0 Å². The molecule has 0 aromatic carbocycles. The minimum atomic E-state index is -4.35. The molecule has 0 fully saturated rings. The van der Waals surface area contributed by atoms with Gasteiger partial charge in [-0.05, 0) is 20.3 Å². The first-order chi connectivity index (χ1) is 6.10. The molecule has 0 aliphatic heterocycles. The summed E-state index contributed by atoms with van der Waals surface area (Å²) in [6.45, 7) is 2.14. The highest BCUT2D eigenvalue weighted by atomic mass is 19.4. The second kappa shape index (κ2) is 4.63. The number of carbonyl (C=O) groups is 1. The molecule has 0 atom stereocenters. The van der Waals surface area contributed by atoms with Crippen LogP contribution in [-0.4, -0.2) is 24.2 Å². The second-order valence-corrected chi connectivity index (χ2v) is 3.88. The SMILES string of the molecule is CC(C)(N)CCC(=O)NCC(F)(F)F. The third kappa shape index (κ3) is 9.31. The number of rotatable bonds is 4. The number of amides is 1. The third-order valence-corrected chi connectivity index (χ3v) is 1.48. The van der Waals surface area contributed by atoms with E-state index in [9.17, 15) is 18.0 Å². The molecule has 0 aromatic heterocycles. The third-order valence-electron chi connectivity index (χ3n) is 1.48. The van der Waals surface area contributed by atoms with Crippen molar-refractivity contribution in [2.75, 3.05) is 6.54 Å². The Labute approximate surface area is 80.8 Å². The van der Waals surface area contributed by atoms with Gasteiger partial charge in [0.15, 0.2) is 0 Å². The molecule has 0 aromatic rings. The average Bonchev–Trinajstić information content (AvgIpc) is 1.94. The summed E-state index contributed by atoms with van der Waals surface area (Å²) < 4.78 is 35.0. The Bertz CT molecular complexity index is 176. The highest BCUT2D eigenvalue weighted by molar-refractivity contribution is 5.75. The maximum absolute atomic E-state index is 11.7. The van der Waals surface area contributed by atoms with E-state index in [2.05, 4.69) is 0 Å². The minimum absolute atomic E-state index is 0.0135. The summed E-state index contributed by atoms with van der Waals surface area (Å²) in [4.78, 5) is 10.9. The van der Waals surface area contributed by atoms with Gasteiger partial charge in [0.05, 0.1) is 0 Å². The number of hydrogen-bond acceptors (Lipinski definition) is 2. The van der Waals surface area contributed by atoms with Crippen LogP contribution in [0.25, 0.3) is 0 Å². The van der Waals surface area contributed by atoms with Gasteiger partial charge >= 0.3 is 6.18 Å². The van der Waals surface area contributed by atoms with Gasteiger partial charge in [0.1, 0.15) is 6.54 Å². The summed E-state index contributed by atoms with van der Waals surface area (Å²) in [5.41, 5.74) is 5.03. The van der Waals surface area contributed by atoms with E-state index in [1.807, 2.05) is 0 Å². The lowest BCUT2D eigenvalue weighted by Gasteiger charge is -2.17. The molecule has 0 saturated carbocycles. The molecule has 0 aliphatic carbocycles. The zero-order valence-electron chi connectivity index (χ0n) is 8.24. The predicted molar refractivity (Wildman–Crippen MR) is 46.6 cm³/mol. The molecule has 1 amide bonds. The molecule has 0 bridgehead atoms. The summed E-state index contributed by atoms with van der Waals surface area (Å²) in [7, 11) is 0. The zero-order chi connectivity index (χ0) is 11.4. The first-order valence-corrected chi connectivity index (χ1v) is 4.22. The van der Waals surface area contributed by atoms with E-state index < -0.39 is 24.2 Å². The molecule has 0 aliphatic rings. The summed E-state index contributed by atoms with van der Waals surface area (Å²) in [5, 5.41) is 1.78. The van der Waals surface area contributed by atoms with Crippen LogP contribution in [-0.2, 0) is 4.79 Å². The van der Waals surface area contributed by atoms with Crippen molar-refractivity contribution < 1.29 is 18.0 Å². The van der Waals surface area contributed by atoms with Crippen molar-refractivity contribution in [2.45, 2.75) is 38.4 Å². The van der Waals surface area contributed by atoms with Crippen LogP contribution in [0, 0.1) is 0 Å². The van der Waals surface area contributed by atoms with Crippen molar-refractivity contribution in [2.24, 2.45) is 5.73 Å². The van der Waals surface area contributed by atoms with Crippen molar-refractivity contribution >= 4 is 5.91 Å². The monoisotopic (exact) mass is 212 g/mol. The van der Waals surface area contributed by atoms with Crippen molar-refractivity contribution in [3.8, 4) is 0 Å². The van der Waals surface area contributed by atoms with E-state index in [0.29, 0.717) is 6.42 Å². The summed E-state index contributed by atoms with van der Waals surface area (Å²) in [6, 6.07) is 0. The van der Waals surface area contributed by atoms with Crippen molar-refractivity contribution in [3.05, 3.63) is 0 Å². The molecule has 0 rings (SSSR count). The Kier molecular flexibility index (Phi) is 4.38. The number of hydrogen-bond donors (Lipinski definition) is 2. The Hall–Kier alpha value is -0.780. The molecule has 14 heavy (non-hydrogen) atoms. The van der Waals surface area contributed by atoms with Crippen molar-refractivity contribution in [3.63, 3.8) is 0 Å². The van der Waals surface area contributed by atoms with Gasteiger partial charge in [0.2, 0.25) is 5.91 Å². The van der Waals surface area contributed by atoms with Crippen LogP contribution in [0.3, 0.4) is 0 Å². The fourth-order valence-electron chi connectivity index (χ4n) is 0.723. The van der Waals surface area contributed by atoms with Gasteiger partial charge in [0, 0.05) is 12.0 Å². The average molecular weight is 212 g/mol. The van der Waals surface area contributed by atoms with Gasteiger partial charge in [-0.1, -0.05) is 0 Å². The van der Waals surface area contributed by atoms with Crippen LogP contribution in [0.5, 0.6) is 0 Å². The molecule has 0 unspecified atom stereocenters. The van der Waals surface area contributed by atoms with E-state index in [-0.39, 0.29) is 6.42 Å². The zero-order valence-corrected chi connectivity index (χ0v) is 8.24. The van der Waals surface area contributed by atoms with Crippen LogP contribution in [0.15, 0.2) is 0 Å². The lowest BCUT2D eigenvalue weighted by molar-refractivity contribution is -0.138. The maximum Gasteiger partial charge on any atom is 0.405 e. The minimum Gasteiger partial charge on any atom is -0.347 e. The smallest absolute Gasteiger partial charge is 0.347 e. The number of carbonyl (C=O) groups excluding carboxylic acids is 1. The van der Waals surface area contributed by atoms with E-state index in [1.54, 1.807) is 19.2 Å². The summed E-state index contributed by atoms with van der Waals surface area (Å²) >= 11 is 0. The number of alkyl halides is 3. The van der Waals surface area contributed by atoms with Crippen LogP contribution >= 0.6 is 0 Å². The molecular weight excluding hydrogens is 197 g/mol. The predicted octanol–water partition coefficient (Wildman–Crippen LogP) is 1.18. The first-order valence-electron chi connectivity index (χ1n) is 4.22. The molecule has 0 radical (unpaired) electrons. The normalized spacial score (nSPS) is 12.7. The van der Waals surface area contributed by atoms with Gasteiger partial charge in [0.25, 0.3) is 0 Å². The fraction of sp³-hybridized carbons (Fsp3) is 0.875. The highest BCUT2D eigenvalue weighted by Crippen LogP contribution is 2.12. The molecule has 84 valence electrons. The van der Waals surface area contributed by atoms with Crippen LogP contribution in [0.1, 0.15) is 26.7 Å². The Morgan fingerprint density at radius 1 is 1.36 bits per heavy atom. The molecule has 0 saturated heterocycles. The highest BCUT2D eigenvalue weighted by Gasteiger charge is 2.27. The van der Waals surface area contributed by atoms with Gasteiger partial charge in [-0.3, -0.25) is 4.79 Å². The quantitative estimate of drug-likeness (QED) is 0.735. The molecule has 6 heteroatoms. The standard InChI is InChI=1S/C8H15F3N2O/c1-7(2,12)4-3-6(14)13-5-8(9,10)11/h3-5,12H2,1-2H3,(H,13,14). The van der Waals surface area contributed by atoms with Crippen LogP contribution in [0.4, 0.5) is 13.2 Å². The van der Waals surface area contributed by atoms with Crippen LogP contribution < -0.4 is 11.1 Å². The number of halogens is 3. The van der Waals surface area contributed by atoms with Crippen molar-refractivity contribution in [1.29, 1.82) is 0 Å². The largest absolute Gasteiger partial charge is 0.405 e. The topological polar surface area (TPSA) is 55.1 Å². The fourth-order valence-corrected chi connectivity index (χ4v) is 0.723. The maximum atomic E-state index is 11.7. The lowest BCUT2D eigenvalue weighted by Crippen LogP contribution is -2.37. The first kappa shape index (κ1) is 13.2. The molecule has 3 nitrogen and oxygen atoms in total. The molecule has 3 N–H and O–H groups in total. The Balaban J connectivity index is 3.68. The van der Waals surface area contributed by atoms with Gasteiger partial charge in [-0.25, -0.2) is 0 Å². The molecular formula is C8H15F3N2O. The summed E-state index contributed by atoms with van der Waals surface area (Å²) in [6.07, 6.45) is -3.98. The summed E-state index contributed by atoms with van der Waals surface area (Å²) in [5.74, 6) is -0.624. The lowest BCUT2D eigenvalue weighted by atomic mass is 10.00. The number of nitrogens with two attached hydrogens (primary N) is 1.